The third kappa shape index (κ3) is 3.33. The van der Waals surface area contributed by atoms with E-state index in [1.807, 2.05) is 0 Å². The first-order valence-corrected chi connectivity index (χ1v) is 6.53. The summed E-state index contributed by atoms with van der Waals surface area (Å²) in [6, 6.07) is 5.44. The van der Waals surface area contributed by atoms with E-state index in [-0.39, 0.29) is 11.6 Å². The molecule has 0 amide bonds. The van der Waals surface area contributed by atoms with Crippen molar-refractivity contribution < 1.29 is 9.13 Å². The topological polar surface area (TPSA) is 52.0 Å². The predicted molar refractivity (Wildman–Crippen MR) is 74.1 cm³/mol. The summed E-state index contributed by atoms with van der Waals surface area (Å²) in [6.07, 6.45) is 1.48. The fourth-order valence-electron chi connectivity index (χ4n) is 1.85. The van der Waals surface area contributed by atoms with Crippen LogP contribution < -0.4 is 10.1 Å². The van der Waals surface area contributed by atoms with E-state index in [2.05, 4.69) is 29.2 Å². The lowest BCUT2D eigenvalue weighted by molar-refractivity contribution is 0.383. The summed E-state index contributed by atoms with van der Waals surface area (Å²) in [5, 5.41) is 7.41. The summed E-state index contributed by atoms with van der Waals surface area (Å²) in [6.45, 7) is 5.05. The van der Waals surface area contributed by atoms with Gasteiger partial charge in [0.1, 0.15) is 12.2 Å². The van der Waals surface area contributed by atoms with E-state index in [1.54, 1.807) is 22.9 Å². The molecule has 5 nitrogen and oxygen atoms in total. The largest absolute Gasteiger partial charge is 0.494 e. The highest BCUT2D eigenvalue weighted by Gasteiger charge is 2.11. The highest BCUT2D eigenvalue weighted by atomic mass is 19.1. The highest BCUT2D eigenvalue weighted by molar-refractivity contribution is 5.31. The number of nitrogens with one attached hydrogen (secondary N) is 1. The second-order valence-electron chi connectivity index (χ2n) is 4.80. The van der Waals surface area contributed by atoms with Gasteiger partial charge in [-0.15, -0.1) is 0 Å². The van der Waals surface area contributed by atoms with Crippen LogP contribution in [0.15, 0.2) is 24.5 Å². The number of ether oxygens (including phenoxy) is 1. The smallest absolute Gasteiger partial charge is 0.170 e. The molecule has 0 aliphatic carbocycles. The normalized spacial score (nSPS) is 11.1. The first kappa shape index (κ1) is 14.5. The van der Waals surface area contributed by atoms with Gasteiger partial charge in [0.05, 0.1) is 20.2 Å². The summed E-state index contributed by atoms with van der Waals surface area (Å²) in [4.78, 5) is 4.19. The molecule has 0 fully saturated rings. The predicted octanol–water partition coefficient (Wildman–Crippen LogP) is 1.97. The Morgan fingerprint density at radius 1 is 1.40 bits per heavy atom. The standard InChI is InChI=1S/C14H19FN4O/c1-10(2)16-7-13-17-9-18-19(13)8-11-5-4-6-12(20-3)14(11)15/h4-6,9-10,16H,7-8H2,1-3H3. The Kier molecular flexibility index (Phi) is 4.68. The van der Waals surface area contributed by atoms with Crippen LogP contribution in [0.1, 0.15) is 25.2 Å². The monoisotopic (exact) mass is 278 g/mol. The van der Waals surface area contributed by atoms with Gasteiger partial charge < -0.3 is 10.1 Å². The molecule has 0 spiro atoms. The lowest BCUT2D eigenvalue weighted by atomic mass is 10.2. The van der Waals surface area contributed by atoms with E-state index in [9.17, 15) is 4.39 Å². The molecule has 0 saturated carbocycles. The first-order valence-electron chi connectivity index (χ1n) is 6.53. The van der Waals surface area contributed by atoms with Crippen LogP contribution in [0.3, 0.4) is 0 Å². The average molecular weight is 278 g/mol. The summed E-state index contributed by atoms with van der Waals surface area (Å²) in [5.74, 6) is 0.665. The van der Waals surface area contributed by atoms with Gasteiger partial charge >= 0.3 is 0 Å². The lowest BCUT2D eigenvalue weighted by Gasteiger charge is -2.11. The molecule has 1 heterocycles. The van der Waals surface area contributed by atoms with Gasteiger partial charge in [-0.3, -0.25) is 0 Å². The molecular weight excluding hydrogens is 259 g/mol. The van der Waals surface area contributed by atoms with Crippen molar-refractivity contribution in [3.8, 4) is 5.75 Å². The molecule has 20 heavy (non-hydrogen) atoms. The number of hydrogen-bond donors (Lipinski definition) is 1. The van der Waals surface area contributed by atoms with Crippen LogP contribution in [-0.2, 0) is 13.1 Å². The Balaban J connectivity index is 2.16. The number of methoxy groups -OCH3 is 1. The van der Waals surface area contributed by atoms with Gasteiger partial charge in [0.2, 0.25) is 0 Å². The molecule has 6 heteroatoms. The van der Waals surface area contributed by atoms with Crippen molar-refractivity contribution in [3.05, 3.63) is 41.7 Å². The molecule has 1 aromatic carbocycles. The second kappa shape index (κ2) is 6.47. The van der Waals surface area contributed by atoms with E-state index in [4.69, 9.17) is 4.74 Å². The van der Waals surface area contributed by atoms with E-state index < -0.39 is 0 Å². The average Bonchev–Trinajstić information content (AvgIpc) is 2.86. The van der Waals surface area contributed by atoms with Crippen LogP contribution in [0.2, 0.25) is 0 Å². The van der Waals surface area contributed by atoms with Gasteiger partial charge in [-0.1, -0.05) is 26.0 Å². The number of hydrogen-bond acceptors (Lipinski definition) is 4. The van der Waals surface area contributed by atoms with Gasteiger partial charge in [-0.05, 0) is 6.07 Å². The quantitative estimate of drug-likeness (QED) is 0.877. The Morgan fingerprint density at radius 3 is 2.90 bits per heavy atom. The zero-order valence-electron chi connectivity index (χ0n) is 11.9. The highest BCUT2D eigenvalue weighted by Crippen LogP contribution is 2.20. The van der Waals surface area contributed by atoms with Gasteiger partial charge in [0.25, 0.3) is 0 Å². The van der Waals surface area contributed by atoms with Crippen molar-refractivity contribution in [1.82, 2.24) is 20.1 Å². The zero-order valence-corrected chi connectivity index (χ0v) is 11.9. The molecule has 0 atom stereocenters. The van der Waals surface area contributed by atoms with Crippen molar-refractivity contribution >= 4 is 0 Å². The summed E-state index contributed by atoms with van der Waals surface area (Å²) in [5.41, 5.74) is 0.528. The molecule has 1 aromatic heterocycles. The molecule has 108 valence electrons. The van der Waals surface area contributed by atoms with Crippen LogP contribution in [0.25, 0.3) is 0 Å². The van der Waals surface area contributed by atoms with Crippen molar-refractivity contribution in [2.45, 2.75) is 33.0 Å². The molecule has 2 rings (SSSR count). The minimum Gasteiger partial charge on any atom is -0.494 e. The fourth-order valence-corrected chi connectivity index (χ4v) is 1.85. The minimum atomic E-state index is -0.353. The molecule has 0 radical (unpaired) electrons. The number of rotatable bonds is 6. The maximum Gasteiger partial charge on any atom is 0.170 e. The number of benzene rings is 1. The van der Waals surface area contributed by atoms with Gasteiger partial charge in [0.15, 0.2) is 11.6 Å². The third-order valence-electron chi connectivity index (χ3n) is 2.95. The van der Waals surface area contributed by atoms with Crippen LogP contribution in [0.5, 0.6) is 5.75 Å². The van der Waals surface area contributed by atoms with Gasteiger partial charge in [-0.2, -0.15) is 5.10 Å². The van der Waals surface area contributed by atoms with Crippen LogP contribution in [0.4, 0.5) is 4.39 Å². The van der Waals surface area contributed by atoms with Crippen molar-refractivity contribution in [2.24, 2.45) is 0 Å². The van der Waals surface area contributed by atoms with E-state index in [0.717, 1.165) is 5.82 Å². The van der Waals surface area contributed by atoms with E-state index >= 15 is 0 Å². The van der Waals surface area contributed by atoms with Crippen molar-refractivity contribution in [3.63, 3.8) is 0 Å². The summed E-state index contributed by atoms with van der Waals surface area (Å²) < 4.78 is 20.8. The summed E-state index contributed by atoms with van der Waals surface area (Å²) >= 11 is 0. The molecule has 0 aliphatic heterocycles. The molecule has 0 unspecified atom stereocenters. The minimum absolute atomic E-state index is 0.240. The number of aromatic nitrogens is 3. The molecule has 1 N–H and O–H groups in total. The molecule has 2 aromatic rings. The Bertz CT molecular complexity index is 568. The molecule has 0 saturated heterocycles. The maximum absolute atomic E-state index is 14.1. The van der Waals surface area contributed by atoms with Crippen LogP contribution in [0, 0.1) is 5.82 Å². The number of halogens is 1. The SMILES string of the molecule is COc1cccc(Cn2ncnc2CNC(C)C)c1F. The van der Waals surface area contributed by atoms with Crippen molar-refractivity contribution in [2.75, 3.05) is 7.11 Å². The first-order chi connectivity index (χ1) is 9.61. The zero-order chi connectivity index (χ0) is 14.5. The fraction of sp³-hybridized carbons (Fsp3) is 0.429. The van der Waals surface area contributed by atoms with Crippen LogP contribution >= 0.6 is 0 Å². The Hall–Kier alpha value is -1.95. The molecular formula is C14H19FN4O. The van der Waals surface area contributed by atoms with Gasteiger partial charge in [0, 0.05) is 11.6 Å². The van der Waals surface area contributed by atoms with E-state index in [1.165, 1.54) is 13.4 Å². The van der Waals surface area contributed by atoms with Crippen molar-refractivity contribution in [1.29, 1.82) is 0 Å². The maximum atomic E-state index is 14.1. The van der Waals surface area contributed by atoms with Gasteiger partial charge in [-0.25, -0.2) is 14.1 Å². The Morgan fingerprint density at radius 2 is 2.20 bits per heavy atom. The van der Waals surface area contributed by atoms with E-state index in [0.29, 0.717) is 24.7 Å². The third-order valence-corrected chi connectivity index (χ3v) is 2.95. The molecule has 0 aliphatic rings. The second-order valence-corrected chi connectivity index (χ2v) is 4.80. The summed E-state index contributed by atoms with van der Waals surface area (Å²) in [7, 11) is 1.45. The Labute approximate surface area is 117 Å². The number of nitrogens with zero attached hydrogens (tertiary/aromatic N) is 3. The van der Waals surface area contributed by atoms with Crippen LogP contribution in [-0.4, -0.2) is 27.9 Å². The lowest BCUT2D eigenvalue weighted by Crippen LogP contribution is -2.24. The molecule has 0 bridgehead atoms.